The molecule has 1 unspecified atom stereocenters. The second-order valence-corrected chi connectivity index (χ2v) is 7.67. The van der Waals surface area contributed by atoms with Gasteiger partial charge in [0.15, 0.2) is 0 Å². The van der Waals surface area contributed by atoms with Gasteiger partial charge in [-0.2, -0.15) is 0 Å². The van der Waals surface area contributed by atoms with Crippen LogP contribution in [-0.4, -0.2) is 29.3 Å². The van der Waals surface area contributed by atoms with Crippen LogP contribution in [0.15, 0.2) is 42.5 Å². The van der Waals surface area contributed by atoms with Crippen LogP contribution < -0.4 is 5.32 Å². The lowest BCUT2D eigenvalue weighted by molar-refractivity contribution is -0.140. The second-order valence-electron chi connectivity index (χ2n) is 6.85. The Kier molecular flexibility index (Phi) is 8.34. The minimum Gasteiger partial charge on any atom is -0.354 e. The van der Waals surface area contributed by atoms with E-state index in [2.05, 4.69) is 5.32 Å². The average molecular weight is 421 g/mol. The van der Waals surface area contributed by atoms with Crippen molar-refractivity contribution in [2.45, 2.75) is 46.2 Å². The summed E-state index contributed by atoms with van der Waals surface area (Å²) < 4.78 is 0. The molecule has 150 valence electrons. The van der Waals surface area contributed by atoms with E-state index in [1.54, 1.807) is 30.0 Å². The fraction of sp³-hybridized carbons (Fsp3) is 0.364. The van der Waals surface area contributed by atoms with Gasteiger partial charge in [0.25, 0.3) is 0 Å². The molecule has 0 bridgehead atoms. The SMILES string of the molecule is CCCNC(=O)C(C)N(Cc1c(Cl)cccc1Cl)C(=O)Cc1cccc(C)c1. The van der Waals surface area contributed by atoms with Crippen molar-refractivity contribution in [3.8, 4) is 0 Å². The van der Waals surface area contributed by atoms with Crippen molar-refractivity contribution >= 4 is 35.0 Å². The Labute approximate surface area is 176 Å². The number of carbonyl (C=O) groups excluding carboxylic acids is 2. The summed E-state index contributed by atoms with van der Waals surface area (Å²) in [5, 5.41) is 3.80. The Morgan fingerprint density at radius 1 is 1.11 bits per heavy atom. The van der Waals surface area contributed by atoms with Crippen molar-refractivity contribution in [1.29, 1.82) is 0 Å². The molecule has 4 nitrogen and oxygen atoms in total. The van der Waals surface area contributed by atoms with E-state index >= 15 is 0 Å². The summed E-state index contributed by atoms with van der Waals surface area (Å²) in [6, 6.07) is 12.4. The first-order chi connectivity index (χ1) is 13.3. The number of halogens is 2. The van der Waals surface area contributed by atoms with E-state index in [-0.39, 0.29) is 24.8 Å². The molecule has 2 aromatic carbocycles. The molecule has 2 aromatic rings. The van der Waals surface area contributed by atoms with Gasteiger partial charge < -0.3 is 10.2 Å². The number of nitrogens with zero attached hydrogens (tertiary/aromatic N) is 1. The highest BCUT2D eigenvalue weighted by atomic mass is 35.5. The molecule has 0 aliphatic heterocycles. The first-order valence-electron chi connectivity index (χ1n) is 9.39. The van der Waals surface area contributed by atoms with Gasteiger partial charge in [-0.3, -0.25) is 9.59 Å². The van der Waals surface area contributed by atoms with Gasteiger partial charge in [0.05, 0.1) is 6.42 Å². The highest BCUT2D eigenvalue weighted by Crippen LogP contribution is 2.27. The molecule has 2 rings (SSSR count). The van der Waals surface area contributed by atoms with Crippen molar-refractivity contribution in [3.63, 3.8) is 0 Å². The van der Waals surface area contributed by atoms with E-state index in [0.29, 0.717) is 22.2 Å². The molecule has 2 amide bonds. The lowest BCUT2D eigenvalue weighted by atomic mass is 10.1. The first-order valence-corrected chi connectivity index (χ1v) is 10.1. The largest absolute Gasteiger partial charge is 0.354 e. The molecule has 0 spiro atoms. The number of carbonyl (C=O) groups is 2. The van der Waals surface area contributed by atoms with Crippen molar-refractivity contribution in [1.82, 2.24) is 10.2 Å². The van der Waals surface area contributed by atoms with Gasteiger partial charge >= 0.3 is 0 Å². The lowest BCUT2D eigenvalue weighted by Crippen LogP contribution is -2.48. The van der Waals surface area contributed by atoms with Crippen LogP contribution in [0.25, 0.3) is 0 Å². The van der Waals surface area contributed by atoms with Crippen LogP contribution in [0.5, 0.6) is 0 Å². The molecule has 28 heavy (non-hydrogen) atoms. The summed E-state index contributed by atoms with van der Waals surface area (Å²) in [4.78, 5) is 27.2. The molecule has 1 atom stereocenters. The van der Waals surface area contributed by atoms with Crippen LogP contribution in [-0.2, 0) is 22.6 Å². The van der Waals surface area contributed by atoms with Crippen LogP contribution in [0.3, 0.4) is 0 Å². The van der Waals surface area contributed by atoms with E-state index in [1.165, 1.54) is 0 Å². The Morgan fingerprint density at radius 2 is 1.75 bits per heavy atom. The maximum Gasteiger partial charge on any atom is 0.242 e. The molecule has 1 N–H and O–H groups in total. The Hall–Kier alpha value is -2.04. The van der Waals surface area contributed by atoms with Crippen LogP contribution in [0, 0.1) is 6.92 Å². The fourth-order valence-electron chi connectivity index (χ4n) is 2.93. The average Bonchev–Trinajstić information content (AvgIpc) is 2.65. The predicted molar refractivity (Wildman–Crippen MR) is 115 cm³/mol. The molecular formula is C22H26Cl2N2O2. The van der Waals surface area contributed by atoms with E-state index < -0.39 is 6.04 Å². The zero-order valence-electron chi connectivity index (χ0n) is 16.5. The Balaban J connectivity index is 2.29. The smallest absolute Gasteiger partial charge is 0.242 e. The summed E-state index contributed by atoms with van der Waals surface area (Å²) in [6.07, 6.45) is 1.03. The highest BCUT2D eigenvalue weighted by Gasteiger charge is 2.27. The maximum atomic E-state index is 13.1. The minimum atomic E-state index is -0.642. The summed E-state index contributed by atoms with van der Waals surface area (Å²) in [5.74, 6) is -0.344. The molecule has 0 aliphatic carbocycles. The summed E-state index contributed by atoms with van der Waals surface area (Å²) in [5.41, 5.74) is 2.62. The van der Waals surface area contributed by atoms with Crippen molar-refractivity contribution in [2.75, 3.05) is 6.54 Å². The number of amides is 2. The summed E-state index contributed by atoms with van der Waals surface area (Å²) in [6.45, 7) is 6.43. The number of hydrogen-bond donors (Lipinski definition) is 1. The minimum absolute atomic E-state index is 0.152. The number of nitrogens with one attached hydrogen (secondary N) is 1. The van der Waals surface area contributed by atoms with Gasteiger partial charge in [-0.1, -0.05) is 66.0 Å². The number of aryl methyl sites for hydroxylation is 1. The highest BCUT2D eigenvalue weighted by molar-refractivity contribution is 6.36. The van der Waals surface area contributed by atoms with Crippen LogP contribution in [0.4, 0.5) is 0 Å². The molecular weight excluding hydrogens is 395 g/mol. The fourth-order valence-corrected chi connectivity index (χ4v) is 3.45. The molecule has 0 aromatic heterocycles. The topological polar surface area (TPSA) is 49.4 Å². The number of rotatable bonds is 8. The monoisotopic (exact) mass is 420 g/mol. The van der Waals surface area contributed by atoms with Crippen LogP contribution in [0.2, 0.25) is 10.0 Å². The lowest BCUT2D eigenvalue weighted by Gasteiger charge is -2.29. The molecule has 0 saturated heterocycles. The van der Waals surface area contributed by atoms with E-state index in [9.17, 15) is 9.59 Å². The predicted octanol–water partition coefficient (Wildman–Crippen LogP) is 4.79. The third-order valence-corrected chi connectivity index (χ3v) is 5.25. The van der Waals surface area contributed by atoms with Gasteiger partial charge in [0.2, 0.25) is 11.8 Å². The van der Waals surface area contributed by atoms with Crippen molar-refractivity contribution < 1.29 is 9.59 Å². The Morgan fingerprint density at radius 3 is 2.36 bits per heavy atom. The number of hydrogen-bond acceptors (Lipinski definition) is 2. The third-order valence-electron chi connectivity index (χ3n) is 4.54. The summed E-state index contributed by atoms with van der Waals surface area (Å²) in [7, 11) is 0. The molecule has 6 heteroatoms. The molecule has 0 heterocycles. The van der Waals surface area contributed by atoms with Crippen molar-refractivity contribution in [3.05, 3.63) is 69.2 Å². The molecule has 0 saturated carbocycles. The Bertz CT molecular complexity index is 819. The van der Waals surface area contributed by atoms with Crippen molar-refractivity contribution in [2.24, 2.45) is 0 Å². The maximum absolute atomic E-state index is 13.1. The van der Waals surface area contributed by atoms with E-state index in [0.717, 1.165) is 17.5 Å². The second kappa shape index (κ2) is 10.5. The normalized spacial score (nSPS) is 11.8. The van der Waals surface area contributed by atoms with Gasteiger partial charge in [0, 0.05) is 28.7 Å². The van der Waals surface area contributed by atoms with E-state index in [4.69, 9.17) is 23.2 Å². The first kappa shape index (κ1) is 22.3. The molecule has 0 aliphatic rings. The summed E-state index contributed by atoms with van der Waals surface area (Å²) >= 11 is 12.6. The molecule has 0 radical (unpaired) electrons. The van der Waals surface area contributed by atoms with Gasteiger partial charge in [-0.25, -0.2) is 0 Å². The van der Waals surface area contributed by atoms with Crippen LogP contribution in [0.1, 0.15) is 37.0 Å². The van der Waals surface area contributed by atoms with Gasteiger partial charge in [-0.15, -0.1) is 0 Å². The number of benzene rings is 2. The van der Waals surface area contributed by atoms with Gasteiger partial charge in [0.1, 0.15) is 6.04 Å². The third kappa shape index (κ3) is 5.98. The quantitative estimate of drug-likeness (QED) is 0.667. The molecule has 0 fully saturated rings. The zero-order chi connectivity index (χ0) is 20.7. The standard InChI is InChI=1S/C22H26Cl2N2O2/c1-4-11-25-22(28)16(3)26(14-18-19(23)9-6-10-20(18)24)21(27)13-17-8-5-7-15(2)12-17/h5-10,12,16H,4,11,13-14H2,1-3H3,(H,25,28). The zero-order valence-corrected chi connectivity index (χ0v) is 18.0. The van der Waals surface area contributed by atoms with Gasteiger partial charge in [-0.05, 0) is 38.0 Å². The van der Waals surface area contributed by atoms with Crippen LogP contribution >= 0.6 is 23.2 Å². The van der Waals surface area contributed by atoms with E-state index in [1.807, 2.05) is 38.1 Å².